The second-order valence-electron chi connectivity index (χ2n) is 38.6. The standard InChI is InChI=1S/C118H83BN4S2/c1-116(2,3)74-58-87(66-24-12-10-13-25-66)114(89(60-74)72-40-48-81-79-32-16-18-38-101(79)124-103(81)56-72)122-97-64-77(120-93-52-42-68-28-20-34-83-84-35-21-29-69-43-53-94(120)110(106(69)84)109(93)105(68)83)46-50-91(97)119-92-51-47-78(121-95-54-44-70-30-22-36-85-86-37-23-31-71-45-55-96(121)112(108(71)86)111(95)107(70)85)65-98(92)123(100-63-76(118(7,8)9)62-99(122)113(100)119)115-88(67-26-14-11-15-27-67)59-75(117(4,5)6)61-90(115)73-41-49-82-80-33-17-19-39-102(80)125-104(82)57-73/h10-65H,1-9H3. The number of nitrogens with zero attached hydrogens (tertiary/aromatic N) is 4. The van der Waals surface area contributed by atoms with Gasteiger partial charge in [0.1, 0.15) is 0 Å². The van der Waals surface area contributed by atoms with Crippen LogP contribution in [0.15, 0.2) is 340 Å². The molecule has 0 fully saturated rings. The number of thiophene rings is 2. The molecule has 0 N–H and O–H groups in total. The molecule has 0 bridgehead atoms. The third-order valence-electron chi connectivity index (χ3n) is 28.5. The summed E-state index contributed by atoms with van der Waals surface area (Å²) in [4.78, 5) is 5.61. The van der Waals surface area contributed by atoms with E-state index in [4.69, 9.17) is 0 Å². The van der Waals surface area contributed by atoms with Gasteiger partial charge in [0, 0.05) is 118 Å². The summed E-state index contributed by atoms with van der Waals surface area (Å²) in [7, 11) is 0. The molecule has 0 spiro atoms. The zero-order valence-corrected chi connectivity index (χ0v) is 72.6. The van der Waals surface area contributed by atoms with Crippen LogP contribution in [-0.4, -0.2) is 15.8 Å². The van der Waals surface area contributed by atoms with Crippen LogP contribution in [-0.2, 0) is 16.2 Å². The molecule has 0 saturated carbocycles. The zero-order chi connectivity index (χ0) is 83.3. The highest BCUT2D eigenvalue weighted by atomic mass is 32.1. The predicted molar refractivity (Wildman–Crippen MR) is 543 cm³/mol. The Morgan fingerprint density at radius 2 is 0.552 bits per heavy atom. The van der Waals surface area contributed by atoms with Gasteiger partial charge in [-0.15, -0.1) is 22.7 Å². The summed E-state index contributed by atoms with van der Waals surface area (Å²) >= 11 is 3.79. The monoisotopic (exact) mass is 1630 g/mol. The van der Waals surface area contributed by atoms with Gasteiger partial charge in [-0.05, 0) is 245 Å². The van der Waals surface area contributed by atoms with Crippen molar-refractivity contribution in [2.24, 2.45) is 0 Å². The van der Waals surface area contributed by atoms with Gasteiger partial charge in [0.05, 0.1) is 33.4 Å². The molecular weight excluding hydrogens is 1550 g/mol. The van der Waals surface area contributed by atoms with Gasteiger partial charge in [0.2, 0.25) is 0 Å². The highest BCUT2D eigenvalue weighted by Gasteiger charge is 2.47. The Labute approximate surface area is 732 Å². The molecule has 2 aliphatic rings. The predicted octanol–water partition coefficient (Wildman–Crippen LogP) is 31.9. The molecule has 0 atom stereocenters. The molecule has 0 unspecified atom stereocenters. The third-order valence-corrected chi connectivity index (χ3v) is 30.8. The molecular formula is C118H83BN4S2. The quantitative estimate of drug-likeness (QED) is 0.0856. The second-order valence-corrected chi connectivity index (χ2v) is 40.8. The Morgan fingerprint density at radius 1 is 0.232 bits per heavy atom. The first-order valence-electron chi connectivity index (χ1n) is 44.1. The lowest BCUT2D eigenvalue weighted by atomic mass is 9.33. The Kier molecular flexibility index (Phi) is 14.5. The Balaban J connectivity index is 0.823. The van der Waals surface area contributed by atoms with Gasteiger partial charge >= 0.3 is 0 Å². The number of aromatic nitrogens is 2. The van der Waals surface area contributed by atoms with Crippen LogP contribution in [0.5, 0.6) is 0 Å². The number of hydrogen-bond donors (Lipinski definition) is 0. The van der Waals surface area contributed by atoms with Crippen molar-refractivity contribution in [2.45, 2.75) is 78.6 Å². The second kappa shape index (κ2) is 25.3. The van der Waals surface area contributed by atoms with Gasteiger partial charge in [0.25, 0.3) is 6.71 Å². The minimum Gasteiger partial charge on any atom is -0.310 e. The van der Waals surface area contributed by atoms with Crippen LogP contribution in [0, 0.1) is 0 Å². The van der Waals surface area contributed by atoms with Gasteiger partial charge in [-0.1, -0.05) is 293 Å². The van der Waals surface area contributed by atoms with Crippen molar-refractivity contribution in [3.63, 3.8) is 0 Å². The molecule has 7 heteroatoms. The first-order valence-corrected chi connectivity index (χ1v) is 45.8. The Morgan fingerprint density at radius 3 is 0.912 bits per heavy atom. The van der Waals surface area contributed by atoms with Crippen LogP contribution in [0.25, 0.3) is 204 Å². The van der Waals surface area contributed by atoms with Crippen LogP contribution in [0.3, 0.4) is 0 Å². The van der Waals surface area contributed by atoms with Crippen molar-refractivity contribution >= 4 is 228 Å². The fourth-order valence-electron chi connectivity index (χ4n) is 22.6. The summed E-state index contributed by atoms with van der Waals surface area (Å²) in [5.41, 5.74) is 29.9. The van der Waals surface area contributed by atoms with Crippen LogP contribution in [0.2, 0.25) is 0 Å². The summed E-state index contributed by atoms with van der Waals surface area (Å²) in [6, 6.07) is 133. The third kappa shape index (κ3) is 9.99. The molecule has 25 aromatic rings. The highest BCUT2D eigenvalue weighted by Crippen LogP contribution is 2.59. The Hall–Kier alpha value is -14.1. The Bertz CT molecular complexity index is 8230. The lowest BCUT2D eigenvalue weighted by Crippen LogP contribution is -2.61. The van der Waals surface area contributed by atoms with Crippen LogP contribution < -0.4 is 26.2 Å². The summed E-state index contributed by atoms with van der Waals surface area (Å²) in [6.45, 7) is 21.4. The summed E-state index contributed by atoms with van der Waals surface area (Å²) in [5, 5.41) is 25.9. The maximum absolute atomic E-state index is 2.81. The first-order chi connectivity index (χ1) is 60.9. The van der Waals surface area contributed by atoms with Crippen molar-refractivity contribution < 1.29 is 0 Å². The molecule has 0 amide bonds. The van der Waals surface area contributed by atoms with E-state index in [2.05, 4.69) is 421 Å². The lowest BCUT2D eigenvalue weighted by molar-refractivity contribution is 0.590. The van der Waals surface area contributed by atoms with E-state index in [0.717, 1.165) is 56.6 Å². The number of anilines is 6. The molecule has 4 nitrogen and oxygen atoms in total. The lowest BCUT2D eigenvalue weighted by Gasteiger charge is -2.47. The van der Waals surface area contributed by atoms with Crippen LogP contribution in [0.4, 0.5) is 34.1 Å². The molecule has 6 heterocycles. The minimum atomic E-state index is -0.388. The van der Waals surface area contributed by atoms with E-state index in [1.807, 2.05) is 22.7 Å². The molecule has 0 aliphatic carbocycles. The molecule has 125 heavy (non-hydrogen) atoms. The van der Waals surface area contributed by atoms with Gasteiger partial charge in [0.15, 0.2) is 0 Å². The molecule has 0 saturated heterocycles. The normalized spacial score (nSPS) is 13.4. The maximum Gasteiger partial charge on any atom is 0.252 e. The van der Waals surface area contributed by atoms with E-state index in [1.54, 1.807) is 0 Å². The number of fused-ring (bicyclic) bond motifs is 12. The van der Waals surface area contributed by atoms with E-state index in [9.17, 15) is 0 Å². The van der Waals surface area contributed by atoms with Crippen LogP contribution >= 0.6 is 22.7 Å². The molecule has 4 aromatic heterocycles. The van der Waals surface area contributed by atoms with Crippen molar-refractivity contribution in [1.29, 1.82) is 0 Å². The topological polar surface area (TPSA) is 16.3 Å². The fraction of sp³-hybridized carbons (Fsp3) is 0.102. The number of rotatable bonds is 8. The molecule has 21 aromatic carbocycles. The maximum atomic E-state index is 2.81. The summed E-state index contributed by atoms with van der Waals surface area (Å²) in [5.74, 6) is 0. The van der Waals surface area contributed by atoms with E-state index in [-0.39, 0.29) is 23.0 Å². The molecule has 27 rings (SSSR count). The average Bonchev–Trinajstić information content (AvgIpc) is 1.67. The van der Waals surface area contributed by atoms with Crippen LogP contribution in [0.1, 0.15) is 79.0 Å². The molecule has 0 radical (unpaired) electrons. The van der Waals surface area contributed by atoms with Crippen molar-refractivity contribution in [2.75, 3.05) is 9.80 Å². The number of benzene rings is 21. The molecule has 590 valence electrons. The largest absolute Gasteiger partial charge is 0.310 e. The zero-order valence-electron chi connectivity index (χ0n) is 71.0. The summed E-state index contributed by atoms with van der Waals surface area (Å²) in [6.07, 6.45) is 0. The van der Waals surface area contributed by atoms with Gasteiger partial charge in [-0.2, -0.15) is 0 Å². The van der Waals surface area contributed by atoms with Gasteiger partial charge in [-0.3, -0.25) is 0 Å². The smallest absolute Gasteiger partial charge is 0.252 e. The molecule has 2 aliphatic heterocycles. The SMILES string of the molecule is CC(C)(C)c1cc(-c2ccccc2)c(N2c3cc(-n4c5ccc6cccc7c8cccc9ccc4c(c98)c5c67)ccc3B3c4ccc(-n5c6ccc7cccc8c9cccc%10ccc5c(c%109)c6c78)cc4N(c4c(-c5ccccc5)cc(C(C)(C)C)cc4-c4ccc5c(c4)sc4ccccc45)c4cc(C(C)(C)C)cc2c43)c(-c2ccc3c(c2)sc2ccccc23)c1. The first kappa shape index (κ1) is 71.5. The highest BCUT2D eigenvalue weighted by molar-refractivity contribution is 7.26. The summed E-state index contributed by atoms with van der Waals surface area (Å²) < 4.78 is 10.4. The van der Waals surface area contributed by atoms with E-state index in [1.165, 1.54) is 215 Å². The van der Waals surface area contributed by atoms with Crippen molar-refractivity contribution in [1.82, 2.24) is 9.13 Å². The fourth-order valence-corrected chi connectivity index (χ4v) is 24.9. The van der Waals surface area contributed by atoms with Gasteiger partial charge in [-0.25, -0.2) is 0 Å². The van der Waals surface area contributed by atoms with E-state index in [0.29, 0.717) is 0 Å². The van der Waals surface area contributed by atoms with E-state index < -0.39 is 0 Å². The van der Waals surface area contributed by atoms with Crippen molar-refractivity contribution in [3.05, 3.63) is 356 Å². The average molecular weight is 1630 g/mol. The number of hydrogen-bond acceptors (Lipinski definition) is 4. The van der Waals surface area contributed by atoms with Gasteiger partial charge < -0.3 is 18.9 Å². The van der Waals surface area contributed by atoms with E-state index >= 15 is 0 Å². The van der Waals surface area contributed by atoms with Crippen molar-refractivity contribution in [3.8, 4) is 55.9 Å². The minimum absolute atomic E-state index is 0.250.